The number of aliphatic hydroxyl groups is 3. The second-order valence-electron chi connectivity index (χ2n) is 6.80. The van der Waals surface area contributed by atoms with E-state index in [1.165, 1.54) is 10.8 Å². The largest absolute Gasteiger partial charge is 0.465 e. The second-order valence-corrected chi connectivity index (χ2v) is 6.80. The molecule has 10 heteroatoms. The Kier molecular flexibility index (Phi) is 6.45. The van der Waals surface area contributed by atoms with Gasteiger partial charge in [0, 0.05) is 31.4 Å². The van der Waals surface area contributed by atoms with Crippen LogP contribution in [0.25, 0.3) is 0 Å². The van der Waals surface area contributed by atoms with E-state index in [-0.39, 0.29) is 12.6 Å². The lowest BCUT2D eigenvalue weighted by atomic mass is 9.97. The fraction of sp³-hybridized carbons (Fsp3) is 0.765. The van der Waals surface area contributed by atoms with Gasteiger partial charge in [0.25, 0.3) is 5.56 Å². The summed E-state index contributed by atoms with van der Waals surface area (Å²) in [5.74, 6) is 0. The standard InChI is InChI=1S/C17H27N3O7/c1-3-26-17-18-15(24)10(2)8-20(17)16-14(23)13(22)12(21)11(27-16)9-19-4-6-25-7-5-19/h8,11-14,16,21-23H,3-7,9H2,1-2H3/t11-,12-,13+,14-,16?/m1/s1. The van der Waals surface area contributed by atoms with E-state index in [4.69, 9.17) is 14.2 Å². The molecular formula is C17H27N3O7. The lowest BCUT2D eigenvalue weighted by Gasteiger charge is -2.43. The minimum atomic E-state index is -1.41. The molecule has 27 heavy (non-hydrogen) atoms. The van der Waals surface area contributed by atoms with Crippen LogP contribution in [0.2, 0.25) is 0 Å². The van der Waals surface area contributed by atoms with E-state index in [1.807, 2.05) is 0 Å². The predicted molar refractivity (Wildman–Crippen MR) is 93.6 cm³/mol. The highest BCUT2D eigenvalue weighted by atomic mass is 16.6. The zero-order chi connectivity index (χ0) is 19.6. The molecule has 2 fully saturated rings. The monoisotopic (exact) mass is 385 g/mol. The van der Waals surface area contributed by atoms with Gasteiger partial charge in [-0.2, -0.15) is 4.98 Å². The van der Waals surface area contributed by atoms with Gasteiger partial charge in [-0.05, 0) is 13.8 Å². The maximum atomic E-state index is 11.9. The molecule has 1 aromatic heterocycles. The van der Waals surface area contributed by atoms with Gasteiger partial charge in [-0.1, -0.05) is 0 Å². The molecule has 0 aliphatic carbocycles. The van der Waals surface area contributed by atoms with Crippen LogP contribution < -0.4 is 10.3 Å². The van der Waals surface area contributed by atoms with Crippen molar-refractivity contribution >= 4 is 0 Å². The van der Waals surface area contributed by atoms with E-state index in [0.717, 1.165) is 0 Å². The molecule has 0 aromatic carbocycles. The average Bonchev–Trinajstić information content (AvgIpc) is 2.66. The van der Waals surface area contributed by atoms with Crippen LogP contribution in [0.3, 0.4) is 0 Å². The first-order valence-electron chi connectivity index (χ1n) is 9.14. The van der Waals surface area contributed by atoms with Crippen molar-refractivity contribution in [1.82, 2.24) is 14.5 Å². The summed E-state index contributed by atoms with van der Waals surface area (Å²) in [7, 11) is 0. The molecule has 1 aromatic rings. The van der Waals surface area contributed by atoms with E-state index in [2.05, 4.69) is 9.88 Å². The number of morpholine rings is 1. The maximum absolute atomic E-state index is 11.9. The quantitative estimate of drug-likeness (QED) is 0.541. The van der Waals surface area contributed by atoms with Gasteiger partial charge in [0.05, 0.1) is 19.8 Å². The van der Waals surface area contributed by atoms with Crippen LogP contribution in [0.1, 0.15) is 18.7 Å². The topological polar surface area (TPSA) is 127 Å². The molecule has 3 rings (SSSR count). The van der Waals surface area contributed by atoms with Gasteiger partial charge in [0.15, 0.2) is 6.23 Å². The Labute approximate surface area is 156 Å². The Bertz CT molecular complexity index is 692. The molecule has 2 saturated heterocycles. The van der Waals surface area contributed by atoms with Crippen molar-refractivity contribution in [2.24, 2.45) is 0 Å². The molecule has 2 aliphatic heterocycles. The molecule has 0 radical (unpaired) electrons. The fourth-order valence-electron chi connectivity index (χ4n) is 3.32. The van der Waals surface area contributed by atoms with Crippen LogP contribution in [0.15, 0.2) is 11.0 Å². The van der Waals surface area contributed by atoms with Crippen molar-refractivity contribution in [2.75, 3.05) is 39.5 Å². The number of aryl methyl sites for hydroxylation is 1. The Morgan fingerprint density at radius 1 is 1.22 bits per heavy atom. The average molecular weight is 385 g/mol. The minimum Gasteiger partial charge on any atom is -0.465 e. The Hall–Kier alpha value is -1.56. The third-order valence-electron chi connectivity index (χ3n) is 4.86. The van der Waals surface area contributed by atoms with Crippen molar-refractivity contribution in [3.05, 3.63) is 22.1 Å². The van der Waals surface area contributed by atoms with Crippen LogP contribution in [0.5, 0.6) is 6.01 Å². The highest BCUT2D eigenvalue weighted by molar-refractivity contribution is 5.11. The van der Waals surface area contributed by atoms with Crippen molar-refractivity contribution in [1.29, 1.82) is 0 Å². The summed E-state index contributed by atoms with van der Waals surface area (Å²) in [6.45, 7) is 6.55. The van der Waals surface area contributed by atoms with Gasteiger partial charge in [0.1, 0.15) is 24.4 Å². The lowest BCUT2D eigenvalue weighted by molar-refractivity contribution is -0.249. The van der Waals surface area contributed by atoms with Crippen LogP contribution in [0, 0.1) is 6.92 Å². The van der Waals surface area contributed by atoms with Crippen molar-refractivity contribution in [3.63, 3.8) is 0 Å². The zero-order valence-corrected chi connectivity index (χ0v) is 15.5. The molecular weight excluding hydrogens is 358 g/mol. The van der Waals surface area contributed by atoms with Gasteiger partial charge in [0.2, 0.25) is 0 Å². The molecule has 2 aliphatic rings. The van der Waals surface area contributed by atoms with Crippen molar-refractivity contribution in [2.45, 2.75) is 44.5 Å². The molecule has 3 heterocycles. The SMILES string of the molecule is CCOc1nc(=O)c(C)cn1C1O[C@H](CN2CCOCC2)[C@@H](O)[C@H](O)[C@H]1O. The first-order chi connectivity index (χ1) is 12.9. The van der Waals surface area contributed by atoms with E-state index in [0.29, 0.717) is 38.4 Å². The van der Waals surface area contributed by atoms with E-state index < -0.39 is 36.2 Å². The summed E-state index contributed by atoms with van der Waals surface area (Å²) < 4.78 is 18.1. The first-order valence-corrected chi connectivity index (χ1v) is 9.14. The number of ether oxygens (including phenoxy) is 3. The minimum absolute atomic E-state index is 0.00846. The molecule has 152 valence electrons. The maximum Gasteiger partial charge on any atom is 0.301 e. The molecule has 3 N–H and O–H groups in total. The summed E-state index contributed by atoms with van der Waals surface area (Å²) in [5.41, 5.74) is -0.0926. The van der Waals surface area contributed by atoms with Gasteiger partial charge >= 0.3 is 6.01 Å². The normalized spacial score (nSPS) is 32.4. The Balaban J connectivity index is 1.87. The fourth-order valence-corrected chi connectivity index (χ4v) is 3.32. The van der Waals surface area contributed by atoms with E-state index >= 15 is 0 Å². The highest BCUT2D eigenvalue weighted by Gasteiger charge is 2.45. The first kappa shape index (κ1) is 20.2. The predicted octanol–water partition coefficient (Wildman–Crippen LogP) is -1.74. The van der Waals surface area contributed by atoms with Crippen molar-refractivity contribution in [3.8, 4) is 6.01 Å². The lowest BCUT2D eigenvalue weighted by Crippen LogP contribution is -2.59. The molecule has 5 atom stereocenters. The number of nitrogens with zero attached hydrogens (tertiary/aromatic N) is 3. The van der Waals surface area contributed by atoms with Gasteiger partial charge in [-0.15, -0.1) is 0 Å². The summed E-state index contributed by atoms with van der Waals surface area (Å²) in [5, 5.41) is 31.2. The van der Waals surface area contributed by atoms with Crippen molar-refractivity contribution < 1.29 is 29.5 Å². The van der Waals surface area contributed by atoms with Crippen LogP contribution in [-0.4, -0.2) is 93.6 Å². The van der Waals surface area contributed by atoms with Gasteiger partial charge in [-0.25, -0.2) is 0 Å². The van der Waals surface area contributed by atoms with Gasteiger partial charge < -0.3 is 29.5 Å². The number of hydrogen-bond donors (Lipinski definition) is 3. The van der Waals surface area contributed by atoms with E-state index in [1.54, 1.807) is 13.8 Å². The Morgan fingerprint density at radius 2 is 1.93 bits per heavy atom. The molecule has 10 nitrogen and oxygen atoms in total. The molecule has 0 bridgehead atoms. The molecule has 0 spiro atoms. The molecule has 0 amide bonds. The summed E-state index contributed by atoms with van der Waals surface area (Å²) >= 11 is 0. The zero-order valence-electron chi connectivity index (χ0n) is 15.5. The van der Waals surface area contributed by atoms with Crippen LogP contribution in [-0.2, 0) is 9.47 Å². The number of rotatable bonds is 5. The van der Waals surface area contributed by atoms with Crippen LogP contribution in [0.4, 0.5) is 0 Å². The molecule has 0 saturated carbocycles. The summed E-state index contributed by atoms with van der Waals surface area (Å²) in [6.07, 6.45) is -4.39. The smallest absolute Gasteiger partial charge is 0.301 e. The molecule has 1 unspecified atom stereocenters. The Morgan fingerprint density at radius 3 is 2.59 bits per heavy atom. The summed E-state index contributed by atoms with van der Waals surface area (Å²) in [4.78, 5) is 17.8. The number of hydrogen-bond acceptors (Lipinski definition) is 9. The highest BCUT2D eigenvalue weighted by Crippen LogP contribution is 2.31. The second kappa shape index (κ2) is 8.63. The van der Waals surface area contributed by atoms with Crippen LogP contribution >= 0.6 is 0 Å². The third kappa shape index (κ3) is 4.31. The van der Waals surface area contributed by atoms with E-state index in [9.17, 15) is 20.1 Å². The third-order valence-corrected chi connectivity index (χ3v) is 4.86. The number of aliphatic hydroxyl groups excluding tert-OH is 3. The summed E-state index contributed by atoms with van der Waals surface area (Å²) in [6, 6.07) is -0.00846. The number of aromatic nitrogens is 2. The van der Waals surface area contributed by atoms with Gasteiger partial charge in [-0.3, -0.25) is 14.3 Å².